The fourth-order valence-electron chi connectivity index (χ4n) is 1.77. The SMILES string of the molecule is Cc1nc(SCC(=O)C(C)(C)C)c2c(C)c(C)sc2n1. The molecule has 0 aromatic carbocycles. The molecule has 0 aliphatic heterocycles. The Hall–Kier alpha value is -0.940. The number of carbonyl (C=O) groups is 1. The highest BCUT2D eigenvalue weighted by Gasteiger charge is 2.22. The van der Waals surface area contributed by atoms with Crippen LogP contribution in [-0.4, -0.2) is 21.5 Å². The smallest absolute Gasteiger partial charge is 0.148 e. The van der Waals surface area contributed by atoms with E-state index < -0.39 is 0 Å². The number of Topliss-reactive ketones (excluding diaryl/α,β-unsaturated/α-hetero) is 1. The Morgan fingerprint density at radius 2 is 1.85 bits per heavy atom. The van der Waals surface area contributed by atoms with Gasteiger partial charge >= 0.3 is 0 Å². The summed E-state index contributed by atoms with van der Waals surface area (Å²) in [5.41, 5.74) is 0.934. The Labute approximate surface area is 128 Å². The lowest BCUT2D eigenvalue weighted by Crippen LogP contribution is -2.22. The van der Waals surface area contributed by atoms with Gasteiger partial charge in [0.15, 0.2) is 0 Å². The quantitative estimate of drug-likeness (QED) is 0.625. The Morgan fingerprint density at radius 3 is 2.45 bits per heavy atom. The molecule has 2 rings (SSSR count). The number of rotatable bonds is 3. The summed E-state index contributed by atoms with van der Waals surface area (Å²) in [6.07, 6.45) is 0. The monoisotopic (exact) mass is 308 g/mol. The lowest BCUT2D eigenvalue weighted by Gasteiger charge is -2.16. The van der Waals surface area contributed by atoms with Crippen LogP contribution < -0.4 is 0 Å². The highest BCUT2D eigenvalue weighted by Crippen LogP contribution is 2.35. The van der Waals surface area contributed by atoms with Crippen LogP contribution in [0.15, 0.2) is 5.03 Å². The molecule has 0 unspecified atom stereocenters. The molecule has 0 aliphatic carbocycles. The number of aromatic nitrogens is 2. The maximum atomic E-state index is 12.1. The van der Waals surface area contributed by atoms with Gasteiger partial charge in [0.2, 0.25) is 0 Å². The van der Waals surface area contributed by atoms with Gasteiger partial charge in [-0.15, -0.1) is 11.3 Å². The van der Waals surface area contributed by atoms with Crippen molar-refractivity contribution in [2.45, 2.75) is 46.6 Å². The topological polar surface area (TPSA) is 42.9 Å². The van der Waals surface area contributed by atoms with Crippen molar-refractivity contribution in [3.8, 4) is 0 Å². The van der Waals surface area contributed by atoms with Gasteiger partial charge in [-0.2, -0.15) is 0 Å². The zero-order chi connectivity index (χ0) is 15.1. The third-order valence-electron chi connectivity index (χ3n) is 3.28. The molecule has 3 nitrogen and oxygen atoms in total. The minimum atomic E-state index is -0.298. The van der Waals surface area contributed by atoms with E-state index in [1.165, 1.54) is 22.2 Å². The zero-order valence-corrected chi connectivity index (χ0v) is 14.5. The van der Waals surface area contributed by atoms with Crippen LogP contribution in [0.5, 0.6) is 0 Å². The summed E-state index contributed by atoms with van der Waals surface area (Å²) < 4.78 is 0. The molecule has 0 bridgehead atoms. The van der Waals surface area contributed by atoms with Crippen LogP contribution in [0.1, 0.15) is 37.0 Å². The van der Waals surface area contributed by atoms with Crippen molar-refractivity contribution in [1.29, 1.82) is 0 Å². The first-order chi connectivity index (χ1) is 9.20. The molecule has 5 heteroatoms. The van der Waals surface area contributed by atoms with Gasteiger partial charge in [0, 0.05) is 15.7 Å². The molecule has 0 radical (unpaired) electrons. The summed E-state index contributed by atoms with van der Waals surface area (Å²) in [7, 11) is 0. The van der Waals surface area contributed by atoms with E-state index in [1.54, 1.807) is 11.3 Å². The van der Waals surface area contributed by atoms with Crippen molar-refractivity contribution in [2.75, 3.05) is 5.75 Å². The molecule has 0 atom stereocenters. The maximum absolute atomic E-state index is 12.1. The van der Waals surface area contributed by atoms with Crippen molar-refractivity contribution in [2.24, 2.45) is 5.41 Å². The van der Waals surface area contributed by atoms with Crippen molar-refractivity contribution >= 4 is 39.1 Å². The van der Waals surface area contributed by atoms with Crippen molar-refractivity contribution in [1.82, 2.24) is 9.97 Å². The lowest BCUT2D eigenvalue weighted by molar-refractivity contribution is -0.123. The number of carbonyl (C=O) groups excluding carboxylic acids is 1. The van der Waals surface area contributed by atoms with E-state index in [9.17, 15) is 4.79 Å². The number of thiophene rings is 1. The largest absolute Gasteiger partial charge is 0.298 e. The van der Waals surface area contributed by atoms with Crippen molar-refractivity contribution in [3.05, 3.63) is 16.3 Å². The molecule has 0 spiro atoms. The van der Waals surface area contributed by atoms with Gasteiger partial charge in [-0.3, -0.25) is 4.79 Å². The minimum absolute atomic E-state index is 0.247. The van der Waals surface area contributed by atoms with E-state index in [0.29, 0.717) is 5.75 Å². The molecular weight excluding hydrogens is 288 g/mol. The van der Waals surface area contributed by atoms with Gasteiger partial charge in [0.05, 0.1) is 5.75 Å². The van der Waals surface area contributed by atoms with Gasteiger partial charge in [-0.25, -0.2) is 9.97 Å². The molecule has 0 aliphatic rings. The summed E-state index contributed by atoms with van der Waals surface area (Å²) in [5.74, 6) is 1.48. The molecule has 0 saturated carbocycles. The van der Waals surface area contributed by atoms with Crippen LogP contribution in [-0.2, 0) is 4.79 Å². The second kappa shape index (κ2) is 5.45. The standard InChI is InChI=1S/C15H20N2OS2/c1-8-9(2)20-14-12(8)13(16-10(3)17-14)19-7-11(18)15(4,5)6/h7H2,1-6H3. The molecule has 2 heterocycles. The van der Waals surface area contributed by atoms with Crippen molar-refractivity contribution < 1.29 is 4.79 Å². The molecule has 108 valence electrons. The Balaban J connectivity index is 2.37. The Kier molecular flexibility index (Phi) is 4.21. The number of thioether (sulfide) groups is 1. The highest BCUT2D eigenvalue weighted by molar-refractivity contribution is 8.00. The van der Waals surface area contributed by atoms with Crippen LogP contribution >= 0.6 is 23.1 Å². The second-order valence-corrected chi connectivity index (χ2v) is 8.17. The summed E-state index contributed by atoms with van der Waals surface area (Å²) >= 11 is 3.23. The highest BCUT2D eigenvalue weighted by atomic mass is 32.2. The van der Waals surface area contributed by atoms with Gasteiger partial charge in [-0.1, -0.05) is 32.5 Å². The first-order valence-electron chi connectivity index (χ1n) is 6.60. The molecular formula is C15H20N2OS2. The zero-order valence-electron chi connectivity index (χ0n) is 12.8. The van der Waals surface area contributed by atoms with Crippen LogP contribution in [0.3, 0.4) is 0 Å². The van der Waals surface area contributed by atoms with E-state index in [-0.39, 0.29) is 11.2 Å². The van der Waals surface area contributed by atoms with Gasteiger partial charge in [0.25, 0.3) is 0 Å². The van der Waals surface area contributed by atoms with Crippen LogP contribution in [0.25, 0.3) is 10.2 Å². The molecule has 20 heavy (non-hydrogen) atoms. The van der Waals surface area contributed by atoms with Crippen molar-refractivity contribution in [3.63, 3.8) is 0 Å². The van der Waals surface area contributed by atoms with Gasteiger partial charge < -0.3 is 0 Å². The predicted octanol–water partition coefficient (Wildman–Crippen LogP) is 4.32. The van der Waals surface area contributed by atoms with Crippen LogP contribution in [0.4, 0.5) is 0 Å². The average Bonchev–Trinajstić information content (AvgIpc) is 2.60. The first kappa shape index (κ1) is 15.4. The maximum Gasteiger partial charge on any atom is 0.148 e. The minimum Gasteiger partial charge on any atom is -0.298 e. The lowest BCUT2D eigenvalue weighted by atomic mass is 9.92. The number of hydrogen-bond donors (Lipinski definition) is 0. The Bertz CT molecular complexity index is 669. The average molecular weight is 308 g/mol. The van der Waals surface area contributed by atoms with E-state index in [4.69, 9.17) is 0 Å². The summed E-state index contributed by atoms with van der Waals surface area (Å²) in [6.45, 7) is 12.0. The first-order valence-corrected chi connectivity index (χ1v) is 8.41. The number of aryl methyl sites for hydroxylation is 3. The van der Waals surface area contributed by atoms with E-state index in [2.05, 4.69) is 23.8 Å². The number of fused-ring (bicyclic) bond motifs is 1. The molecule has 2 aromatic rings. The third kappa shape index (κ3) is 3.04. The van der Waals surface area contributed by atoms with Crippen LogP contribution in [0.2, 0.25) is 0 Å². The summed E-state index contributed by atoms with van der Waals surface area (Å²) in [4.78, 5) is 23.4. The second-order valence-electron chi connectivity index (χ2n) is 6.00. The third-order valence-corrected chi connectivity index (χ3v) is 5.36. The summed E-state index contributed by atoms with van der Waals surface area (Å²) in [6, 6.07) is 0. The molecule has 0 N–H and O–H groups in total. The number of ketones is 1. The van der Waals surface area contributed by atoms with Crippen LogP contribution in [0, 0.1) is 26.2 Å². The van der Waals surface area contributed by atoms with E-state index in [0.717, 1.165) is 21.1 Å². The van der Waals surface area contributed by atoms with E-state index in [1.807, 2.05) is 27.7 Å². The number of hydrogen-bond acceptors (Lipinski definition) is 5. The fourth-order valence-corrected chi connectivity index (χ4v) is 4.20. The Morgan fingerprint density at radius 1 is 1.20 bits per heavy atom. The molecule has 0 fully saturated rings. The molecule has 2 aromatic heterocycles. The normalized spacial score (nSPS) is 12.1. The van der Waals surface area contributed by atoms with Gasteiger partial charge in [0.1, 0.15) is 21.5 Å². The summed E-state index contributed by atoms with van der Waals surface area (Å²) in [5, 5.41) is 2.05. The fraction of sp³-hybridized carbons (Fsp3) is 0.533. The van der Waals surface area contributed by atoms with Gasteiger partial charge in [-0.05, 0) is 26.3 Å². The van der Waals surface area contributed by atoms with E-state index >= 15 is 0 Å². The number of nitrogens with zero attached hydrogens (tertiary/aromatic N) is 2. The molecule has 0 saturated heterocycles. The predicted molar refractivity (Wildman–Crippen MR) is 86.8 cm³/mol. The molecule has 0 amide bonds.